The van der Waals surface area contributed by atoms with Crippen LogP contribution in [0.1, 0.15) is 32.1 Å². The maximum Gasteiger partial charge on any atom is 0.229 e. The van der Waals surface area contributed by atoms with E-state index in [4.69, 9.17) is 5.73 Å². The number of halogens is 2. The molecule has 19 heavy (non-hydrogen) atoms. The first-order valence-electron chi connectivity index (χ1n) is 6.59. The molecule has 3 nitrogen and oxygen atoms in total. The van der Waals surface area contributed by atoms with Crippen molar-refractivity contribution in [2.45, 2.75) is 38.1 Å². The molecule has 1 aromatic rings. The highest BCUT2D eigenvalue weighted by atomic mass is 79.9. The van der Waals surface area contributed by atoms with Crippen LogP contribution >= 0.6 is 15.9 Å². The van der Waals surface area contributed by atoms with Crippen molar-refractivity contribution >= 4 is 27.5 Å². The third kappa shape index (κ3) is 3.76. The molecule has 0 saturated heterocycles. The van der Waals surface area contributed by atoms with Gasteiger partial charge in [-0.3, -0.25) is 4.79 Å². The molecule has 0 aromatic heterocycles. The van der Waals surface area contributed by atoms with Crippen LogP contribution in [0.3, 0.4) is 0 Å². The molecule has 0 bridgehead atoms. The molecule has 1 aliphatic carbocycles. The second-order valence-electron chi connectivity index (χ2n) is 5.03. The number of nitrogens with one attached hydrogen (secondary N) is 1. The highest BCUT2D eigenvalue weighted by molar-refractivity contribution is 9.10. The fraction of sp³-hybridized carbons (Fsp3) is 0.500. The SMILES string of the molecule is NC1CCCCCC1C(=O)Nc1ccc(Br)c(F)c1. The molecule has 2 atom stereocenters. The minimum Gasteiger partial charge on any atom is -0.327 e. The van der Waals surface area contributed by atoms with Gasteiger partial charge in [-0.2, -0.15) is 0 Å². The van der Waals surface area contributed by atoms with Crippen molar-refractivity contribution < 1.29 is 9.18 Å². The summed E-state index contributed by atoms with van der Waals surface area (Å²) in [6.45, 7) is 0. The summed E-state index contributed by atoms with van der Waals surface area (Å²) < 4.78 is 13.8. The van der Waals surface area contributed by atoms with Crippen molar-refractivity contribution in [3.05, 3.63) is 28.5 Å². The van der Waals surface area contributed by atoms with Crippen LogP contribution in [-0.4, -0.2) is 11.9 Å². The van der Waals surface area contributed by atoms with Crippen LogP contribution in [0.5, 0.6) is 0 Å². The second-order valence-corrected chi connectivity index (χ2v) is 5.88. The number of carbonyl (C=O) groups is 1. The van der Waals surface area contributed by atoms with Crippen LogP contribution in [0.15, 0.2) is 22.7 Å². The van der Waals surface area contributed by atoms with E-state index in [9.17, 15) is 9.18 Å². The number of carbonyl (C=O) groups excluding carboxylic acids is 1. The zero-order valence-corrected chi connectivity index (χ0v) is 12.2. The standard InChI is InChI=1S/C14H18BrFN2O/c15-11-7-6-9(8-12(11)16)18-14(19)10-4-2-1-3-5-13(10)17/h6-8,10,13H,1-5,17H2,(H,18,19). The van der Waals surface area contributed by atoms with Gasteiger partial charge in [0.05, 0.1) is 10.4 Å². The van der Waals surface area contributed by atoms with Gasteiger partial charge in [0.1, 0.15) is 5.82 Å². The highest BCUT2D eigenvalue weighted by Crippen LogP contribution is 2.25. The molecule has 2 unspecified atom stereocenters. The van der Waals surface area contributed by atoms with E-state index in [2.05, 4.69) is 21.2 Å². The minimum absolute atomic E-state index is 0.0946. The van der Waals surface area contributed by atoms with Crippen molar-refractivity contribution in [1.82, 2.24) is 0 Å². The Morgan fingerprint density at radius 2 is 2.05 bits per heavy atom. The van der Waals surface area contributed by atoms with E-state index in [1.165, 1.54) is 6.07 Å². The summed E-state index contributed by atoms with van der Waals surface area (Å²) in [6.07, 6.45) is 4.93. The lowest BCUT2D eigenvalue weighted by molar-refractivity contribution is -0.120. The van der Waals surface area contributed by atoms with Gasteiger partial charge in [-0.15, -0.1) is 0 Å². The van der Waals surface area contributed by atoms with Crippen LogP contribution in [0.4, 0.5) is 10.1 Å². The van der Waals surface area contributed by atoms with Crippen molar-refractivity contribution in [3.63, 3.8) is 0 Å². The Morgan fingerprint density at radius 3 is 2.79 bits per heavy atom. The lowest BCUT2D eigenvalue weighted by Crippen LogP contribution is -2.37. The number of hydrogen-bond donors (Lipinski definition) is 2. The lowest BCUT2D eigenvalue weighted by atomic mass is 9.94. The van der Waals surface area contributed by atoms with Gasteiger partial charge in [-0.25, -0.2) is 4.39 Å². The van der Waals surface area contributed by atoms with E-state index in [1.54, 1.807) is 12.1 Å². The molecule has 1 aliphatic rings. The molecule has 0 heterocycles. The smallest absolute Gasteiger partial charge is 0.229 e. The van der Waals surface area contributed by atoms with Gasteiger partial charge in [-0.05, 0) is 47.0 Å². The summed E-state index contributed by atoms with van der Waals surface area (Å²) >= 11 is 3.08. The number of hydrogen-bond acceptors (Lipinski definition) is 2. The molecular formula is C14H18BrFN2O. The van der Waals surface area contributed by atoms with E-state index >= 15 is 0 Å². The summed E-state index contributed by atoms with van der Waals surface area (Å²) in [5.74, 6) is -0.659. The van der Waals surface area contributed by atoms with Crippen LogP contribution in [-0.2, 0) is 4.79 Å². The summed E-state index contributed by atoms with van der Waals surface area (Å²) in [5.41, 5.74) is 6.52. The van der Waals surface area contributed by atoms with E-state index in [0.29, 0.717) is 10.2 Å². The largest absolute Gasteiger partial charge is 0.327 e. The molecule has 1 aromatic carbocycles. The number of benzene rings is 1. The maximum atomic E-state index is 13.4. The van der Waals surface area contributed by atoms with Gasteiger partial charge in [0, 0.05) is 11.7 Å². The van der Waals surface area contributed by atoms with Gasteiger partial charge in [0.15, 0.2) is 0 Å². The summed E-state index contributed by atoms with van der Waals surface area (Å²) in [5, 5.41) is 2.76. The number of anilines is 1. The third-order valence-electron chi connectivity index (χ3n) is 3.59. The van der Waals surface area contributed by atoms with Crippen LogP contribution in [0.25, 0.3) is 0 Å². The molecule has 0 spiro atoms. The first kappa shape index (κ1) is 14.5. The first-order valence-corrected chi connectivity index (χ1v) is 7.38. The predicted molar refractivity (Wildman–Crippen MR) is 77.3 cm³/mol. The van der Waals surface area contributed by atoms with E-state index < -0.39 is 0 Å². The molecule has 2 rings (SSSR count). The fourth-order valence-electron chi connectivity index (χ4n) is 2.47. The Bertz CT molecular complexity index is 467. The lowest BCUT2D eigenvalue weighted by Gasteiger charge is -2.20. The number of nitrogens with two attached hydrogens (primary N) is 1. The Balaban J connectivity index is 2.04. The van der Waals surface area contributed by atoms with Crippen LogP contribution < -0.4 is 11.1 Å². The molecule has 1 amide bonds. The first-order chi connectivity index (χ1) is 9.08. The predicted octanol–water partition coefficient (Wildman–Crippen LogP) is 3.43. The normalized spacial score (nSPS) is 23.7. The van der Waals surface area contributed by atoms with Crippen molar-refractivity contribution in [1.29, 1.82) is 0 Å². The van der Waals surface area contributed by atoms with Crippen LogP contribution in [0, 0.1) is 11.7 Å². The average molecular weight is 329 g/mol. The van der Waals surface area contributed by atoms with Gasteiger partial charge >= 0.3 is 0 Å². The Morgan fingerprint density at radius 1 is 1.32 bits per heavy atom. The average Bonchev–Trinajstić information content (AvgIpc) is 2.58. The summed E-state index contributed by atoms with van der Waals surface area (Å²) in [6, 6.07) is 4.47. The monoisotopic (exact) mass is 328 g/mol. The van der Waals surface area contributed by atoms with E-state index in [1.807, 2.05) is 0 Å². The van der Waals surface area contributed by atoms with Gasteiger partial charge in [-0.1, -0.05) is 19.3 Å². The fourth-order valence-corrected chi connectivity index (χ4v) is 2.72. The topological polar surface area (TPSA) is 55.1 Å². The second kappa shape index (κ2) is 6.48. The summed E-state index contributed by atoms with van der Waals surface area (Å²) in [7, 11) is 0. The zero-order chi connectivity index (χ0) is 13.8. The maximum absolute atomic E-state index is 13.4. The quantitative estimate of drug-likeness (QED) is 0.817. The molecule has 1 fully saturated rings. The Hall–Kier alpha value is -0.940. The number of rotatable bonds is 2. The van der Waals surface area contributed by atoms with Crippen molar-refractivity contribution in [2.24, 2.45) is 11.7 Å². The van der Waals surface area contributed by atoms with Gasteiger partial charge in [0.2, 0.25) is 5.91 Å². The molecule has 0 aliphatic heterocycles. The zero-order valence-electron chi connectivity index (χ0n) is 10.7. The molecular weight excluding hydrogens is 311 g/mol. The van der Waals surface area contributed by atoms with Crippen molar-refractivity contribution in [3.8, 4) is 0 Å². The number of amides is 1. The Labute approximate surface area is 120 Å². The molecule has 0 radical (unpaired) electrons. The third-order valence-corrected chi connectivity index (χ3v) is 4.24. The molecule has 3 N–H and O–H groups in total. The van der Waals surface area contributed by atoms with Gasteiger partial charge < -0.3 is 11.1 Å². The molecule has 5 heteroatoms. The minimum atomic E-state index is -0.386. The van der Waals surface area contributed by atoms with Gasteiger partial charge in [0.25, 0.3) is 0 Å². The van der Waals surface area contributed by atoms with E-state index in [-0.39, 0.29) is 23.7 Å². The molecule has 1 saturated carbocycles. The summed E-state index contributed by atoms with van der Waals surface area (Å²) in [4.78, 5) is 12.2. The highest BCUT2D eigenvalue weighted by Gasteiger charge is 2.27. The Kier molecular flexibility index (Phi) is 4.93. The van der Waals surface area contributed by atoms with E-state index in [0.717, 1.165) is 32.1 Å². The molecule has 104 valence electrons. The van der Waals surface area contributed by atoms with Crippen LogP contribution in [0.2, 0.25) is 0 Å². The van der Waals surface area contributed by atoms with Crippen molar-refractivity contribution in [2.75, 3.05) is 5.32 Å².